The number of carbonyl (C=O) groups excluding carboxylic acids is 4. The normalized spacial score (nSPS) is 13.7. The quantitative estimate of drug-likeness (QED) is 0.109. The summed E-state index contributed by atoms with van der Waals surface area (Å²) in [5.41, 5.74) is 17.7. The molecule has 2 rings (SSSR count). The van der Waals surface area contributed by atoms with E-state index in [1.165, 1.54) is 12.1 Å². The van der Waals surface area contributed by atoms with E-state index in [0.29, 0.717) is 30.5 Å². The Bertz CT molecular complexity index is 1180. The van der Waals surface area contributed by atoms with Gasteiger partial charge in [-0.2, -0.15) is 0 Å². The number of hydrogen-bond donors (Lipinski definition) is 8. The fourth-order valence-electron chi connectivity index (χ4n) is 4.02. The van der Waals surface area contributed by atoms with E-state index in [1.54, 1.807) is 42.5 Å². The molecule has 4 amide bonds. The molecule has 0 spiro atoms. The Hall–Kier alpha value is -4.49. The lowest BCUT2D eigenvalue weighted by atomic mass is 10.0. The molecule has 0 aliphatic rings. The van der Waals surface area contributed by atoms with Gasteiger partial charge < -0.3 is 43.4 Å². The van der Waals surface area contributed by atoms with Crippen molar-refractivity contribution in [2.75, 3.05) is 6.54 Å². The average Bonchev–Trinajstić information content (AvgIpc) is 2.93. The van der Waals surface area contributed by atoms with Crippen LogP contribution in [0.2, 0.25) is 0 Å². The summed E-state index contributed by atoms with van der Waals surface area (Å²) in [5.74, 6) is -4.29. The molecule has 4 atom stereocenters. The van der Waals surface area contributed by atoms with Crippen molar-refractivity contribution in [1.29, 1.82) is 0 Å². The minimum atomic E-state index is -1.31. The van der Waals surface area contributed by atoms with Crippen LogP contribution in [0.3, 0.4) is 0 Å². The Morgan fingerprint density at radius 3 is 1.85 bits per heavy atom. The number of amides is 4. The molecule has 0 saturated carbocycles. The molecular weight excluding hydrogens is 532 g/mol. The highest BCUT2D eigenvalue weighted by atomic mass is 16.4. The first-order valence-electron chi connectivity index (χ1n) is 13.2. The molecule has 0 aliphatic heterocycles. The molecule has 0 heterocycles. The molecule has 13 nitrogen and oxygen atoms in total. The van der Waals surface area contributed by atoms with Crippen molar-refractivity contribution in [2.45, 2.75) is 62.7 Å². The lowest BCUT2D eigenvalue weighted by molar-refractivity contribution is -0.142. The molecule has 11 N–H and O–H groups in total. The summed E-state index contributed by atoms with van der Waals surface area (Å²) in [5, 5.41) is 26.9. The van der Waals surface area contributed by atoms with Crippen LogP contribution < -0.4 is 33.2 Å². The Labute approximate surface area is 237 Å². The highest BCUT2D eigenvalue weighted by Gasteiger charge is 2.30. The van der Waals surface area contributed by atoms with Gasteiger partial charge >= 0.3 is 5.97 Å². The zero-order valence-corrected chi connectivity index (χ0v) is 22.6. The minimum absolute atomic E-state index is 0.00222. The number of carboxylic acid groups (broad SMARTS) is 1. The van der Waals surface area contributed by atoms with E-state index in [4.69, 9.17) is 17.2 Å². The van der Waals surface area contributed by atoms with E-state index in [9.17, 15) is 34.2 Å². The van der Waals surface area contributed by atoms with Gasteiger partial charge in [-0.3, -0.25) is 19.2 Å². The first kappa shape index (κ1) is 32.7. The van der Waals surface area contributed by atoms with Crippen LogP contribution in [0.5, 0.6) is 5.75 Å². The van der Waals surface area contributed by atoms with E-state index in [-0.39, 0.29) is 25.0 Å². The predicted molar refractivity (Wildman–Crippen MR) is 150 cm³/mol. The largest absolute Gasteiger partial charge is 0.508 e. The van der Waals surface area contributed by atoms with Crippen molar-refractivity contribution in [1.82, 2.24) is 16.0 Å². The molecule has 0 bridgehead atoms. The van der Waals surface area contributed by atoms with Gasteiger partial charge in [0.25, 0.3) is 0 Å². The second kappa shape index (κ2) is 16.6. The lowest BCUT2D eigenvalue weighted by Crippen LogP contribution is -2.58. The first-order chi connectivity index (χ1) is 19.5. The third kappa shape index (κ3) is 11.6. The maximum Gasteiger partial charge on any atom is 0.326 e. The van der Waals surface area contributed by atoms with Gasteiger partial charge in [0, 0.05) is 12.8 Å². The maximum atomic E-state index is 13.4. The van der Waals surface area contributed by atoms with Gasteiger partial charge in [-0.25, -0.2) is 4.79 Å². The number of rotatable bonds is 17. The monoisotopic (exact) mass is 570 g/mol. The molecule has 0 radical (unpaired) electrons. The Morgan fingerprint density at radius 1 is 0.732 bits per heavy atom. The summed E-state index contributed by atoms with van der Waals surface area (Å²) in [4.78, 5) is 62.4. The molecule has 0 aliphatic carbocycles. The molecule has 0 saturated heterocycles. The van der Waals surface area contributed by atoms with E-state index in [0.717, 1.165) is 0 Å². The molecule has 2 aromatic rings. The van der Waals surface area contributed by atoms with Gasteiger partial charge in [-0.1, -0.05) is 42.5 Å². The fraction of sp³-hybridized carbons (Fsp3) is 0.393. The SMILES string of the molecule is NCCCCC(NC(=O)C(Cc1ccc(O)cc1)NC(=O)C(N)CC(N)=O)C(=O)NC(Cc1ccccc1)C(=O)O. The summed E-state index contributed by atoms with van der Waals surface area (Å²) >= 11 is 0. The number of benzene rings is 2. The molecule has 0 aromatic heterocycles. The van der Waals surface area contributed by atoms with Crippen LogP contribution in [0.25, 0.3) is 0 Å². The summed E-state index contributed by atoms with van der Waals surface area (Å²) in [6.07, 6.45) is 0.729. The van der Waals surface area contributed by atoms with Crippen molar-refractivity contribution in [3.63, 3.8) is 0 Å². The Kier molecular flexibility index (Phi) is 13.2. The van der Waals surface area contributed by atoms with Gasteiger partial charge in [0.1, 0.15) is 23.9 Å². The Morgan fingerprint density at radius 2 is 1.27 bits per heavy atom. The van der Waals surface area contributed by atoms with Gasteiger partial charge in [0.15, 0.2) is 0 Å². The molecule has 4 unspecified atom stereocenters. The molecule has 0 fully saturated rings. The highest BCUT2D eigenvalue weighted by molar-refractivity contribution is 5.95. The zero-order valence-electron chi connectivity index (χ0n) is 22.6. The molecular formula is C28H38N6O7. The average molecular weight is 571 g/mol. The Balaban J connectivity index is 2.24. The van der Waals surface area contributed by atoms with Crippen LogP contribution >= 0.6 is 0 Å². The second-order valence-electron chi connectivity index (χ2n) is 9.64. The number of phenols is 1. The van der Waals surface area contributed by atoms with E-state index in [2.05, 4.69) is 16.0 Å². The number of hydrogen-bond acceptors (Lipinski definition) is 8. The second-order valence-corrected chi connectivity index (χ2v) is 9.64. The number of aromatic hydroxyl groups is 1. The fourth-order valence-corrected chi connectivity index (χ4v) is 4.02. The zero-order chi connectivity index (χ0) is 30.4. The third-order valence-electron chi connectivity index (χ3n) is 6.24. The van der Waals surface area contributed by atoms with Crippen LogP contribution in [-0.2, 0) is 36.8 Å². The van der Waals surface area contributed by atoms with E-state index in [1.807, 2.05) is 0 Å². The number of carboxylic acids is 1. The molecule has 2 aromatic carbocycles. The number of nitrogens with one attached hydrogen (secondary N) is 3. The van der Waals surface area contributed by atoms with Crippen LogP contribution in [-0.4, -0.2) is 70.5 Å². The number of aliphatic carboxylic acids is 1. The van der Waals surface area contributed by atoms with Crippen LogP contribution in [0.4, 0.5) is 0 Å². The number of phenolic OH excluding ortho intramolecular Hbond substituents is 1. The van der Waals surface area contributed by atoms with Crippen molar-refractivity contribution in [3.8, 4) is 5.75 Å². The van der Waals surface area contributed by atoms with Gasteiger partial charge in [-0.05, 0) is 49.1 Å². The lowest BCUT2D eigenvalue weighted by Gasteiger charge is -2.25. The highest BCUT2D eigenvalue weighted by Crippen LogP contribution is 2.13. The van der Waals surface area contributed by atoms with Crippen LogP contribution in [0.15, 0.2) is 54.6 Å². The number of nitrogens with two attached hydrogens (primary N) is 3. The van der Waals surface area contributed by atoms with E-state index < -0.39 is 60.2 Å². The third-order valence-corrected chi connectivity index (χ3v) is 6.24. The van der Waals surface area contributed by atoms with Crippen molar-refractivity contribution in [2.24, 2.45) is 17.2 Å². The first-order valence-corrected chi connectivity index (χ1v) is 13.2. The number of carbonyl (C=O) groups is 5. The molecule has 13 heteroatoms. The summed E-state index contributed by atoms with van der Waals surface area (Å²) in [7, 11) is 0. The maximum absolute atomic E-state index is 13.4. The minimum Gasteiger partial charge on any atom is -0.508 e. The summed E-state index contributed by atoms with van der Waals surface area (Å²) < 4.78 is 0. The number of primary amides is 1. The summed E-state index contributed by atoms with van der Waals surface area (Å²) in [6.45, 7) is 0.353. The molecule has 222 valence electrons. The van der Waals surface area contributed by atoms with Crippen LogP contribution in [0.1, 0.15) is 36.8 Å². The predicted octanol–water partition coefficient (Wildman–Crippen LogP) is -0.952. The van der Waals surface area contributed by atoms with Crippen molar-refractivity contribution < 1.29 is 34.2 Å². The smallest absolute Gasteiger partial charge is 0.326 e. The summed E-state index contributed by atoms with van der Waals surface area (Å²) in [6, 6.07) is 9.78. The van der Waals surface area contributed by atoms with Crippen molar-refractivity contribution >= 4 is 29.6 Å². The van der Waals surface area contributed by atoms with Gasteiger partial charge in [0.05, 0.1) is 12.5 Å². The van der Waals surface area contributed by atoms with Gasteiger partial charge in [0.2, 0.25) is 23.6 Å². The van der Waals surface area contributed by atoms with Crippen LogP contribution in [0, 0.1) is 0 Å². The number of unbranched alkanes of at least 4 members (excludes halogenated alkanes) is 1. The standard InChI is InChI=1S/C28H38N6O7/c29-13-5-4-8-21(26(38)34-23(28(40)41)15-17-6-2-1-3-7-17)32-27(39)22(14-18-9-11-19(35)12-10-18)33-25(37)20(30)16-24(31)36/h1-3,6-7,9-12,20-23,35H,4-5,8,13-16,29-30H2,(H2,31,36)(H,32,39)(H,33,37)(H,34,38)(H,40,41). The van der Waals surface area contributed by atoms with Gasteiger partial charge in [-0.15, -0.1) is 0 Å². The van der Waals surface area contributed by atoms with E-state index >= 15 is 0 Å². The molecule has 41 heavy (non-hydrogen) atoms. The van der Waals surface area contributed by atoms with Crippen molar-refractivity contribution in [3.05, 3.63) is 65.7 Å². The topological polar surface area (TPSA) is 240 Å².